The molecule has 2 N–H and O–H groups in total. The van der Waals surface area contributed by atoms with Crippen molar-refractivity contribution >= 4 is 29.1 Å². The third kappa shape index (κ3) is 4.86. The average Bonchev–Trinajstić information content (AvgIpc) is 2.73. The molecular weight excluding hydrogens is 378 g/mol. The van der Waals surface area contributed by atoms with E-state index in [1.807, 2.05) is 18.2 Å². The third-order valence-electron chi connectivity index (χ3n) is 3.98. The molecule has 0 aliphatic rings. The maximum atomic E-state index is 12.4. The van der Waals surface area contributed by atoms with Crippen molar-refractivity contribution in [1.29, 1.82) is 0 Å². The van der Waals surface area contributed by atoms with E-state index in [-0.39, 0.29) is 18.1 Å². The van der Waals surface area contributed by atoms with Crippen LogP contribution in [-0.4, -0.2) is 23.9 Å². The second-order valence-corrected chi connectivity index (χ2v) is 6.30. The SMILES string of the molecule is COc1cccc(NC(=O)c2cc(C(=O)NCc3ccccc3Cl)ccn2)c1. The lowest BCUT2D eigenvalue weighted by molar-refractivity contribution is 0.0951. The zero-order valence-electron chi connectivity index (χ0n) is 15.1. The highest BCUT2D eigenvalue weighted by molar-refractivity contribution is 6.31. The van der Waals surface area contributed by atoms with Crippen molar-refractivity contribution in [2.45, 2.75) is 6.54 Å². The molecule has 142 valence electrons. The minimum atomic E-state index is -0.422. The van der Waals surface area contributed by atoms with Crippen LogP contribution in [0.1, 0.15) is 26.4 Å². The maximum absolute atomic E-state index is 12.4. The Morgan fingerprint density at radius 2 is 1.86 bits per heavy atom. The maximum Gasteiger partial charge on any atom is 0.274 e. The Labute approximate surface area is 167 Å². The van der Waals surface area contributed by atoms with Gasteiger partial charge in [-0.05, 0) is 35.9 Å². The number of methoxy groups -OCH3 is 1. The summed E-state index contributed by atoms with van der Waals surface area (Å²) in [4.78, 5) is 28.9. The van der Waals surface area contributed by atoms with Crippen molar-refractivity contribution in [3.05, 3.63) is 88.7 Å². The van der Waals surface area contributed by atoms with Gasteiger partial charge in [-0.2, -0.15) is 0 Å². The zero-order chi connectivity index (χ0) is 19.9. The molecule has 2 aromatic carbocycles. The number of aromatic nitrogens is 1. The Morgan fingerprint density at radius 1 is 1.04 bits per heavy atom. The van der Waals surface area contributed by atoms with E-state index in [9.17, 15) is 9.59 Å². The first-order valence-electron chi connectivity index (χ1n) is 8.50. The van der Waals surface area contributed by atoms with Crippen LogP contribution < -0.4 is 15.4 Å². The summed E-state index contributed by atoms with van der Waals surface area (Å²) in [6.07, 6.45) is 1.42. The molecule has 0 fully saturated rings. The Hall–Kier alpha value is -3.38. The molecule has 0 atom stereocenters. The number of nitrogens with zero attached hydrogens (tertiary/aromatic N) is 1. The van der Waals surface area contributed by atoms with Crippen molar-refractivity contribution < 1.29 is 14.3 Å². The highest BCUT2D eigenvalue weighted by Gasteiger charge is 2.13. The van der Waals surface area contributed by atoms with E-state index in [1.54, 1.807) is 43.5 Å². The van der Waals surface area contributed by atoms with E-state index < -0.39 is 5.91 Å². The van der Waals surface area contributed by atoms with Crippen LogP contribution in [-0.2, 0) is 6.54 Å². The summed E-state index contributed by atoms with van der Waals surface area (Å²) in [5.41, 5.74) is 1.84. The van der Waals surface area contributed by atoms with Gasteiger partial charge in [0.2, 0.25) is 0 Å². The number of carbonyl (C=O) groups excluding carboxylic acids is 2. The lowest BCUT2D eigenvalue weighted by atomic mass is 10.2. The minimum Gasteiger partial charge on any atom is -0.497 e. The fourth-order valence-electron chi connectivity index (χ4n) is 2.51. The fourth-order valence-corrected chi connectivity index (χ4v) is 2.71. The number of halogens is 1. The summed E-state index contributed by atoms with van der Waals surface area (Å²) >= 11 is 6.10. The van der Waals surface area contributed by atoms with Gasteiger partial charge in [0.1, 0.15) is 11.4 Å². The fraction of sp³-hybridized carbons (Fsp3) is 0.0952. The average molecular weight is 396 g/mol. The second kappa shape index (κ2) is 9.01. The van der Waals surface area contributed by atoms with Gasteiger partial charge in [0.25, 0.3) is 11.8 Å². The third-order valence-corrected chi connectivity index (χ3v) is 4.35. The summed E-state index contributed by atoms with van der Waals surface area (Å²) in [6, 6.07) is 17.2. The van der Waals surface area contributed by atoms with Gasteiger partial charge in [-0.15, -0.1) is 0 Å². The van der Waals surface area contributed by atoms with Gasteiger partial charge in [-0.25, -0.2) is 0 Å². The number of benzene rings is 2. The number of carbonyl (C=O) groups is 2. The Balaban J connectivity index is 1.68. The first-order chi connectivity index (χ1) is 13.6. The van der Waals surface area contributed by atoms with Crippen LogP contribution in [0.2, 0.25) is 5.02 Å². The van der Waals surface area contributed by atoms with Crippen LogP contribution in [0.5, 0.6) is 5.75 Å². The molecule has 0 radical (unpaired) electrons. The lowest BCUT2D eigenvalue weighted by Gasteiger charge is -2.09. The summed E-state index contributed by atoms with van der Waals surface area (Å²) in [5.74, 6) is -0.120. The van der Waals surface area contributed by atoms with Crippen molar-refractivity contribution in [2.75, 3.05) is 12.4 Å². The molecule has 3 aromatic rings. The smallest absolute Gasteiger partial charge is 0.274 e. The molecule has 2 amide bonds. The van der Waals surface area contributed by atoms with E-state index in [0.717, 1.165) is 5.56 Å². The van der Waals surface area contributed by atoms with Gasteiger partial charge in [-0.3, -0.25) is 14.6 Å². The summed E-state index contributed by atoms with van der Waals surface area (Å²) in [6.45, 7) is 0.284. The Morgan fingerprint density at radius 3 is 2.64 bits per heavy atom. The van der Waals surface area contributed by atoms with E-state index >= 15 is 0 Å². The van der Waals surface area contributed by atoms with Gasteiger partial charge >= 0.3 is 0 Å². The predicted octanol–water partition coefficient (Wildman–Crippen LogP) is 3.93. The van der Waals surface area contributed by atoms with Crippen LogP contribution >= 0.6 is 11.6 Å². The number of amides is 2. The van der Waals surface area contributed by atoms with E-state index in [4.69, 9.17) is 16.3 Å². The molecular formula is C21H18ClN3O3. The van der Waals surface area contributed by atoms with Gasteiger partial charge in [0, 0.05) is 35.1 Å². The number of rotatable bonds is 6. The van der Waals surface area contributed by atoms with Gasteiger partial charge in [-0.1, -0.05) is 35.9 Å². The van der Waals surface area contributed by atoms with Crippen molar-refractivity contribution in [1.82, 2.24) is 10.3 Å². The van der Waals surface area contributed by atoms with Crippen LogP contribution in [0.15, 0.2) is 66.9 Å². The van der Waals surface area contributed by atoms with E-state index in [1.165, 1.54) is 12.3 Å². The molecule has 0 spiro atoms. The van der Waals surface area contributed by atoms with E-state index in [2.05, 4.69) is 15.6 Å². The molecule has 3 rings (SSSR count). The van der Waals surface area contributed by atoms with Crippen LogP contribution in [0.4, 0.5) is 5.69 Å². The first kappa shape index (κ1) is 19.4. The summed E-state index contributed by atoms with van der Waals surface area (Å²) in [5, 5.41) is 6.10. The number of anilines is 1. The molecule has 0 saturated heterocycles. The normalized spacial score (nSPS) is 10.2. The number of pyridine rings is 1. The number of nitrogens with one attached hydrogen (secondary N) is 2. The predicted molar refractivity (Wildman–Crippen MR) is 108 cm³/mol. The summed E-state index contributed by atoms with van der Waals surface area (Å²) in [7, 11) is 1.55. The zero-order valence-corrected chi connectivity index (χ0v) is 15.9. The van der Waals surface area contributed by atoms with Crippen molar-refractivity contribution in [3.8, 4) is 5.75 Å². The quantitative estimate of drug-likeness (QED) is 0.662. The largest absolute Gasteiger partial charge is 0.497 e. The minimum absolute atomic E-state index is 0.133. The van der Waals surface area contributed by atoms with Gasteiger partial charge < -0.3 is 15.4 Å². The number of ether oxygens (including phenoxy) is 1. The molecule has 7 heteroatoms. The molecule has 6 nitrogen and oxygen atoms in total. The highest BCUT2D eigenvalue weighted by Crippen LogP contribution is 2.18. The summed E-state index contributed by atoms with van der Waals surface area (Å²) < 4.78 is 5.14. The molecule has 1 heterocycles. The first-order valence-corrected chi connectivity index (χ1v) is 8.87. The molecule has 0 saturated carbocycles. The monoisotopic (exact) mass is 395 g/mol. The Kier molecular flexibility index (Phi) is 6.24. The standard InChI is InChI=1S/C21H18ClN3O3/c1-28-17-7-4-6-16(12-17)25-21(27)19-11-14(9-10-23-19)20(26)24-13-15-5-2-3-8-18(15)22/h2-12H,13H2,1H3,(H,24,26)(H,25,27). The molecule has 0 unspecified atom stereocenters. The van der Waals surface area contributed by atoms with Gasteiger partial charge in [0.05, 0.1) is 7.11 Å². The van der Waals surface area contributed by atoms with Crippen molar-refractivity contribution in [2.24, 2.45) is 0 Å². The van der Waals surface area contributed by atoms with Crippen molar-refractivity contribution in [3.63, 3.8) is 0 Å². The Bertz CT molecular complexity index is 1010. The molecule has 28 heavy (non-hydrogen) atoms. The molecule has 0 aliphatic carbocycles. The number of hydrogen-bond acceptors (Lipinski definition) is 4. The van der Waals surface area contributed by atoms with Crippen LogP contribution in [0.25, 0.3) is 0 Å². The molecule has 1 aromatic heterocycles. The second-order valence-electron chi connectivity index (χ2n) is 5.89. The molecule has 0 aliphatic heterocycles. The topological polar surface area (TPSA) is 80.3 Å². The van der Waals surface area contributed by atoms with Crippen LogP contribution in [0, 0.1) is 0 Å². The number of hydrogen-bond donors (Lipinski definition) is 2. The lowest BCUT2D eigenvalue weighted by Crippen LogP contribution is -2.24. The van der Waals surface area contributed by atoms with Gasteiger partial charge in [0.15, 0.2) is 0 Å². The van der Waals surface area contributed by atoms with E-state index in [0.29, 0.717) is 22.0 Å². The molecule has 0 bridgehead atoms. The highest BCUT2D eigenvalue weighted by atomic mass is 35.5. The van der Waals surface area contributed by atoms with Crippen LogP contribution in [0.3, 0.4) is 0 Å².